The highest BCUT2D eigenvalue weighted by Gasteiger charge is 2.02. The molecule has 0 spiro atoms. The molecule has 1 aromatic rings. The van der Waals surface area contributed by atoms with Crippen molar-refractivity contribution in [3.8, 4) is 11.8 Å². The van der Waals surface area contributed by atoms with Gasteiger partial charge in [0.2, 0.25) is 0 Å². The number of carbonyl (C=O) groups excluding carboxylic acids is 1. The number of carbonyl (C=O) groups is 1. The Labute approximate surface area is 106 Å². The van der Waals surface area contributed by atoms with Gasteiger partial charge in [0.25, 0.3) is 5.91 Å². The number of hydrogen-bond donors (Lipinski definition) is 2. The Hall–Kier alpha value is -1.90. The van der Waals surface area contributed by atoms with Crippen molar-refractivity contribution in [2.45, 2.75) is 13.3 Å². The zero-order chi connectivity index (χ0) is 13.2. The van der Waals surface area contributed by atoms with Gasteiger partial charge in [-0.15, -0.1) is 0 Å². The summed E-state index contributed by atoms with van der Waals surface area (Å²) in [6.07, 6.45) is 1.99. The molecule has 0 aliphatic heterocycles. The number of amides is 1. The van der Waals surface area contributed by atoms with Crippen LogP contribution in [0, 0.1) is 11.8 Å². The first-order valence-corrected chi connectivity index (χ1v) is 5.69. The molecule has 0 aromatic carbocycles. The van der Waals surface area contributed by atoms with Crippen molar-refractivity contribution in [2.75, 3.05) is 25.1 Å². The third-order valence-electron chi connectivity index (χ3n) is 1.93. The van der Waals surface area contributed by atoms with E-state index in [1.54, 1.807) is 18.3 Å². The Morgan fingerprint density at radius 3 is 3.17 bits per heavy atom. The van der Waals surface area contributed by atoms with E-state index < -0.39 is 0 Å². The van der Waals surface area contributed by atoms with E-state index in [9.17, 15) is 4.79 Å². The lowest BCUT2D eigenvalue weighted by Crippen LogP contribution is -2.18. The molecule has 1 heterocycles. The minimum Gasteiger partial charge on any atom is -0.395 e. The lowest BCUT2D eigenvalue weighted by Gasteiger charge is -2.04. The van der Waals surface area contributed by atoms with Gasteiger partial charge in [0, 0.05) is 24.8 Å². The molecule has 2 N–H and O–H groups in total. The molecule has 0 aliphatic rings. The molecule has 0 unspecified atom stereocenters. The number of nitrogens with zero attached hydrogens (tertiary/aromatic N) is 1. The molecule has 18 heavy (non-hydrogen) atoms. The average molecular weight is 248 g/mol. The van der Waals surface area contributed by atoms with Crippen LogP contribution >= 0.6 is 0 Å². The van der Waals surface area contributed by atoms with Crippen LogP contribution in [0.3, 0.4) is 0 Å². The number of pyridine rings is 1. The Kier molecular flexibility index (Phi) is 6.47. The van der Waals surface area contributed by atoms with E-state index >= 15 is 0 Å². The van der Waals surface area contributed by atoms with Crippen LogP contribution in [0.15, 0.2) is 18.3 Å². The molecular weight excluding hydrogens is 232 g/mol. The standard InChI is InChI=1S/C13H16N2O3/c1-2-18-10-13(17)15-12-9-11(6-7-14-12)5-3-4-8-16/h6-7,9,16H,2,4,8,10H2,1H3,(H,14,15,17). The summed E-state index contributed by atoms with van der Waals surface area (Å²) in [5.74, 6) is 5.87. The van der Waals surface area contributed by atoms with Crippen LogP contribution in [-0.4, -0.2) is 35.8 Å². The van der Waals surface area contributed by atoms with Gasteiger partial charge >= 0.3 is 0 Å². The van der Waals surface area contributed by atoms with E-state index in [0.717, 1.165) is 5.56 Å². The maximum atomic E-state index is 11.4. The van der Waals surface area contributed by atoms with Gasteiger partial charge in [-0.25, -0.2) is 4.98 Å². The number of aliphatic hydroxyl groups excluding tert-OH is 1. The molecule has 1 rings (SSSR count). The second-order valence-electron chi connectivity index (χ2n) is 3.39. The minimum absolute atomic E-state index is 0.0125. The first-order chi connectivity index (χ1) is 8.76. The first kappa shape index (κ1) is 14.2. The average Bonchev–Trinajstić information content (AvgIpc) is 2.37. The molecule has 5 heteroatoms. The van der Waals surface area contributed by atoms with E-state index in [-0.39, 0.29) is 19.1 Å². The predicted molar refractivity (Wildman–Crippen MR) is 67.9 cm³/mol. The van der Waals surface area contributed by atoms with Gasteiger partial charge in [0.15, 0.2) is 0 Å². The lowest BCUT2D eigenvalue weighted by molar-refractivity contribution is -0.120. The normalized spacial score (nSPS) is 9.44. The third-order valence-corrected chi connectivity index (χ3v) is 1.93. The van der Waals surface area contributed by atoms with Crippen LogP contribution in [0.1, 0.15) is 18.9 Å². The van der Waals surface area contributed by atoms with E-state index in [0.29, 0.717) is 18.8 Å². The highest BCUT2D eigenvalue weighted by molar-refractivity contribution is 5.90. The molecule has 0 saturated heterocycles. The summed E-state index contributed by atoms with van der Waals surface area (Å²) in [6.45, 7) is 2.37. The lowest BCUT2D eigenvalue weighted by atomic mass is 10.2. The van der Waals surface area contributed by atoms with Crippen LogP contribution in [0.4, 0.5) is 5.82 Å². The van der Waals surface area contributed by atoms with Crippen LogP contribution in [0.2, 0.25) is 0 Å². The molecule has 0 saturated carbocycles. The van der Waals surface area contributed by atoms with Gasteiger partial charge in [-0.3, -0.25) is 4.79 Å². The number of rotatable bonds is 5. The van der Waals surface area contributed by atoms with Crippen LogP contribution in [0.5, 0.6) is 0 Å². The Morgan fingerprint density at radius 2 is 2.44 bits per heavy atom. The Balaban J connectivity index is 2.60. The highest BCUT2D eigenvalue weighted by Crippen LogP contribution is 2.05. The number of hydrogen-bond acceptors (Lipinski definition) is 4. The molecule has 1 aromatic heterocycles. The smallest absolute Gasteiger partial charge is 0.251 e. The SMILES string of the molecule is CCOCC(=O)Nc1cc(C#CCCO)ccn1. The largest absolute Gasteiger partial charge is 0.395 e. The zero-order valence-corrected chi connectivity index (χ0v) is 10.3. The second kappa shape index (κ2) is 8.23. The topological polar surface area (TPSA) is 71.5 Å². The molecular formula is C13H16N2O3. The molecule has 1 amide bonds. The quantitative estimate of drug-likeness (QED) is 0.756. The van der Waals surface area contributed by atoms with Crippen molar-refractivity contribution in [1.82, 2.24) is 4.98 Å². The fourth-order valence-corrected chi connectivity index (χ4v) is 1.17. The number of nitrogens with one attached hydrogen (secondary N) is 1. The van der Waals surface area contributed by atoms with Crippen molar-refractivity contribution >= 4 is 11.7 Å². The first-order valence-electron chi connectivity index (χ1n) is 5.69. The molecule has 0 atom stereocenters. The molecule has 0 aliphatic carbocycles. The minimum atomic E-state index is -0.246. The van der Waals surface area contributed by atoms with E-state index in [1.165, 1.54) is 0 Å². The van der Waals surface area contributed by atoms with Crippen LogP contribution in [-0.2, 0) is 9.53 Å². The number of anilines is 1. The fraction of sp³-hybridized carbons (Fsp3) is 0.385. The van der Waals surface area contributed by atoms with Gasteiger partial charge in [0.05, 0.1) is 6.61 Å². The second-order valence-corrected chi connectivity index (χ2v) is 3.39. The molecule has 0 fully saturated rings. The van der Waals surface area contributed by atoms with E-state index in [4.69, 9.17) is 9.84 Å². The molecule has 96 valence electrons. The molecule has 0 radical (unpaired) electrons. The van der Waals surface area contributed by atoms with Crippen molar-refractivity contribution in [3.63, 3.8) is 0 Å². The van der Waals surface area contributed by atoms with Gasteiger partial charge < -0.3 is 15.2 Å². The van der Waals surface area contributed by atoms with Gasteiger partial charge in [0.1, 0.15) is 12.4 Å². The molecule has 5 nitrogen and oxygen atoms in total. The predicted octanol–water partition coefficient (Wildman–Crippen LogP) is 0.790. The third kappa shape index (κ3) is 5.43. The van der Waals surface area contributed by atoms with E-state index in [2.05, 4.69) is 22.1 Å². The summed E-state index contributed by atoms with van der Waals surface area (Å²) in [5, 5.41) is 11.2. The van der Waals surface area contributed by atoms with Gasteiger partial charge in [-0.05, 0) is 19.1 Å². The fourth-order valence-electron chi connectivity index (χ4n) is 1.17. The van der Waals surface area contributed by atoms with Gasteiger partial charge in [-0.1, -0.05) is 11.8 Å². The van der Waals surface area contributed by atoms with Crippen molar-refractivity contribution in [3.05, 3.63) is 23.9 Å². The summed E-state index contributed by atoms with van der Waals surface area (Å²) in [7, 11) is 0. The number of ether oxygens (including phenoxy) is 1. The zero-order valence-electron chi connectivity index (χ0n) is 10.3. The Morgan fingerprint density at radius 1 is 1.61 bits per heavy atom. The summed E-state index contributed by atoms with van der Waals surface area (Å²) in [6, 6.07) is 3.41. The maximum Gasteiger partial charge on any atom is 0.251 e. The van der Waals surface area contributed by atoms with Crippen molar-refractivity contribution in [2.24, 2.45) is 0 Å². The van der Waals surface area contributed by atoms with E-state index in [1.807, 2.05) is 6.92 Å². The van der Waals surface area contributed by atoms with Crippen molar-refractivity contribution < 1.29 is 14.6 Å². The van der Waals surface area contributed by atoms with Crippen LogP contribution < -0.4 is 5.32 Å². The molecule has 0 bridgehead atoms. The summed E-state index contributed by atoms with van der Waals surface area (Å²) in [4.78, 5) is 15.4. The monoisotopic (exact) mass is 248 g/mol. The highest BCUT2D eigenvalue weighted by atomic mass is 16.5. The summed E-state index contributed by atoms with van der Waals surface area (Å²) < 4.78 is 4.98. The van der Waals surface area contributed by atoms with Crippen LogP contribution in [0.25, 0.3) is 0 Å². The summed E-state index contributed by atoms with van der Waals surface area (Å²) in [5.41, 5.74) is 0.741. The number of aromatic nitrogens is 1. The van der Waals surface area contributed by atoms with Crippen molar-refractivity contribution in [1.29, 1.82) is 0 Å². The van der Waals surface area contributed by atoms with Gasteiger partial charge in [-0.2, -0.15) is 0 Å². The maximum absolute atomic E-state index is 11.4. The summed E-state index contributed by atoms with van der Waals surface area (Å²) >= 11 is 0. The number of aliphatic hydroxyl groups is 1. The Bertz CT molecular complexity index is 449.